The predicted octanol–water partition coefficient (Wildman–Crippen LogP) is 2.94. The Hall–Kier alpha value is -3.30. The number of amides is 1. The number of aromatic nitrogens is 2. The van der Waals surface area contributed by atoms with Crippen LogP contribution in [0.25, 0.3) is 11.0 Å². The molecule has 1 fully saturated rings. The molecule has 3 aromatic rings. The van der Waals surface area contributed by atoms with E-state index in [9.17, 15) is 19.1 Å². The summed E-state index contributed by atoms with van der Waals surface area (Å²) < 4.78 is 20.1. The van der Waals surface area contributed by atoms with Gasteiger partial charge in [0, 0.05) is 32.4 Å². The molecule has 0 bridgehead atoms. The van der Waals surface area contributed by atoms with Gasteiger partial charge in [0.25, 0.3) is 11.5 Å². The molecule has 0 saturated carbocycles. The maximum atomic E-state index is 13.4. The van der Waals surface area contributed by atoms with E-state index in [1.807, 2.05) is 13.8 Å². The summed E-state index contributed by atoms with van der Waals surface area (Å²) in [7, 11) is 0. The van der Waals surface area contributed by atoms with E-state index in [1.165, 1.54) is 16.7 Å². The predicted molar refractivity (Wildman–Crippen MR) is 136 cm³/mol. The van der Waals surface area contributed by atoms with E-state index in [1.54, 1.807) is 24.4 Å². The van der Waals surface area contributed by atoms with Crippen LogP contribution in [-0.4, -0.2) is 64.9 Å². The zero-order valence-corrected chi connectivity index (χ0v) is 20.8. The van der Waals surface area contributed by atoms with Crippen molar-refractivity contribution in [3.63, 3.8) is 0 Å². The fourth-order valence-corrected chi connectivity index (χ4v) is 4.45. The van der Waals surface area contributed by atoms with Crippen molar-refractivity contribution in [2.75, 3.05) is 39.4 Å². The number of ether oxygens (including phenoxy) is 1. The Morgan fingerprint density at radius 1 is 1.19 bits per heavy atom. The number of nitrogens with one attached hydrogen (secondary N) is 1. The molecule has 1 aliphatic rings. The number of benzene rings is 1. The van der Waals surface area contributed by atoms with Crippen LogP contribution in [0, 0.1) is 11.7 Å². The van der Waals surface area contributed by atoms with Crippen LogP contribution in [0.1, 0.15) is 41.8 Å². The minimum Gasteiger partial charge on any atom is -0.505 e. The number of aromatic hydroxyl groups is 1. The number of halogens is 1. The second kappa shape index (κ2) is 11.6. The summed E-state index contributed by atoms with van der Waals surface area (Å²) in [6, 6.07) is 8.00. The Morgan fingerprint density at radius 2 is 1.92 bits per heavy atom. The van der Waals surface area contributed by atoms with Gasteiger partial charge in [-0.05, 0) is 54.6 Å². The summed E-state index contributed by atoms with van der Waals surface area (Å²) in [6.07, 6.45) is 2.83. The molecular weight excluding hydrogens is 463 g/mol. The van der Waals surface area contributed by atoms with Gasteiger partial charge in [0.1, 0.15) is 16.9 Å². The smallest absolute Gasteiger partial charge is 0.267 e. The molecule has 0 spiro atoms. The Balaban J connectivity index is 1.59. The van der Waals surface area contributed by atoms with Gasteiger partial charge in [0.15, 0.2) is 5.75 Å². The van der Waals surface area contributed by atoms with Crippen molar-refractivity contribution in [3.8, 4) is 5.75 Å². The van der Waals surface area contributed by atoms with Crippen LogP contribution in [0.3, 0.4) is 0 Å². The summed E-state index contributed by atoms with van der Waals surface area (Å²) in [6.45, 7) is 8.71. The third kappa shape index (κ3) is 6.09. The molecule has 1 aliphatic heterocycles. The lowest BCUT2D eigenvalue weighted by Crippen LogP contribution is -2.39. The average molecular weight is 497 g/mol. The highest BCUT2D eigenvalue weighted by Crippen LogP contribution is 2.26. The number of morpholine rings is 1. The Labute approximate surface area is 209 Å². The minimum atomic E-state index is -0.601. The molecule has 4 rings (SSSR count). The Morgan fingerprint density at radius 3 is 2.61 bits per heavy atom. The standard InChI is InChI=1S/C27H33FN4O4/c1-18(2)17-32-22-15-20(14-19-4-6-21(28)7-5-19)16-30-24(22)25(33)23(27(32)35)26(34)29-8-3-9-31-10-12-36-13-11-31/h4-7,15-16,18,33H,3,8-14,17H2,1-2H3,(H,29,34). The topological polar surface area (TPSA) is 96.7 Å². The molecule has 9 heteroatoms. The van der Waals surface area contributed by atoms with E-state index < -0.39 is 17.2 Å². The van der Waals surface area contributed by atoms with Gasteiger partial charge in [-0.2, -0.15) is 0 Å². The first-order chi connectivity index (χ1) is 17.3. The minimum absolute atomic E-state index is 0.126. The molecule has 8 nitrogen and oxygen atoms in total. The summed E-state index contributed by atoms with van der Waals surface area (Å²) >= 11 is 0. The van der Waals surface area contributed by atoms with Crippen molar-refractivity contribution in [2.45, 2.75) is 33.2 Å². The second-order valence-corrected chi connectivity index (χ2v) is 9.61. The lowest BCUT2D eigenvalue weighted by atomic mass is 10.0. The molecule has 1 saturated heterocycles. The van der Waals surface area contributed by atoms with Crippen LogP contribution >= 0.6 is 0 Å². The number of fused-ring (bicyclic) bond motifs is 1. The molecule has 0 radical (unpaired) electrons. The van der Waals surface area contributed by atoms with E-state index in [4.69, 9.17) is 4.74 Å². The van der Waals surface area contributed by atoms with Gasteiger partial charge in [0.2, 0.25) is 0 Å². The fraction of sp³-hybridized carbons (Fsp3) is 0.444. The van der Waals surface area contributed by atoms with Crippen LogP contribution in [0.2, 0.25) is 0 Å². The van der Waals surface area contributed by atoms with E-state index >= 15 is 0 Å². The normalized spacial score (nSPS) is 14.4. The zero-order valence-electron chi connectivity index (χ0n) is 20.8. The molecule has 2 aromatic heterocycles. The van der Waals surface area contributed by atoms with Gasteiger partial charge >= 0.3 is 0 Å². The Bertz CT molecular complexity index is 1270. The lowest BCUT2D eigenvalue weighted by Gasteiger charge is -2.26. The van der Waals surface area contributed by atoms with Crippen molar-refractivity contribution >= 4 is 16.9 Å². The summed E-state index contributed by atoms with van der Waals surface area (Å²) in [5, 5.41) is 13.7. The molecule has 0 aliphatic carbocycles. The molecule has 1 aromatic carbocycles. The number of nitrogens with zero attached hydrogens (tertiary/aromatic N) is 3. The van der Waals surface area contributed by atoms with Crippen LogP contribution in [0.4, 0.5) is 4.39 Å². The first-order valence-electron chi connectivity index (χ1n) is 12.4. The van der Waals surface area contributed by atoms with E-state index in [-0.39, 0.29) is 22.8 Å². The molecule has 3 heterocycles. The number of carbonyl (C=O) groups is 1. The number of carbonyl (C=O) groups excluding carboxylic acids is 1. The van der Waals surface area contributed by atoms with Gasteiger partial charge in [-0.1, -0.05) is 26.0 Å². The van der Waals surface area contributed by atoms with Crippen molar-refractivity contribution in [2.24, 2.45) is 5.92 Å². The summed E-state index contributed by atoms with van der Waals surface area (Å²) in [5.41, 5.74) is 1.55. The number of rotatable bonds is 9. The van der Waals surface area contributed by atoms with Gasteiger partial charge in [0.05, 0.1) is 18.7 Å². The maximum Gasteiger partial charge on any atom is 0.267 e. The number of pyridine rings is 2. The number of hydrogen-bond donors (Lipinski definition) is 2. The van der Waals surface area contributed by atoms with Crippen LogP contribution in [0.5, 0.6) is 5.75 Å². The van der Waals surface area contributed by atoms with Gasteiger partial charge in [-0.15, -0.1) is 0 Å². The van der Waals surface area contributed by atoms with Crippen LogP contribution < -0.4 is 10.9 Å². The largest absolute Gasteiger partial charge is 0.505 e. The van der Waals surface area contributed by atoms with E-state index in [0.717, 1.165) is 37.2 Å². The van der Waals surface area contributed by atoms with Crippen molar-refractivity contribution in [3.05, 3.63) is 69.4 Å². The highest BCUT2D eigenvalue weighted by Gasteiger charge is 2.24. The van der Waals surface area contributed by atoms with E-state index in [2.05, 4.69) is 15.2 Å². The SMILES string of the molecule is CC(C)Cn1c(=O)c(C(=O)NCCCN2CCOCC2)c(O)c2ncc(Cc3ccc(F)cc3)cc21. The summed E-state index contributed by atoms with van der Waals surface area (Å²) in [5.74, 6) is -1.19. The first kappa shape index (κ1) is 25.8. The highest BCUT2D eigenvalue weighted by molar-refractivity contribution is 6.01. The third-order valence-corrected chi connectivity index (χ3v) is 6.27. The van der Waals surface area contributed by atoms with Crippen molar-refractivity contribution < 1.29 is 19.0 Å². The average Bonchev–Trinajstić information content (AvgIpc) is 2.86. The molecule has 0 atom stereocenters. The Kier molecular flexibility index (Phi) is 8.32. The quantitative estimate of drug-likeness (QED) is 0.442. The number of hydrogen-bond acceptors (Lipinski definition) is 6. The van der Waals surface area contributed by atoms with Gasteiger partial charge in [-0.3, -0.25) is 19.5 Å². The third-order valence-electron chi connectivity index (χ3n) is 6.27. The highest BCUT2D eigenvalue weighted by atomic mass is 19.1. The molecule has 36 heavy (non-hydrogen) atoms. The molecule has 2 N–H and O–H groups in total. The molecule has 0 unspecified atom stereocenters. The van der Waals surface area contributed by atoms with Crippen molar-refractivity contribution in [1.29, 1.82) is 0 Å². The van der Waals surface area contributed by atoms with Gasteiger partial charge in [-0.25, -0.2) is 4.39 Å². The fourth-order valence-electron chi connectivity index (χ4n) is 4.45. The van der Waals surface area contributed by atoms with Crippen LogP contribution in [0.15, 0.2) is 41.3 Å². The lowest BCUT2D eigenvalue weighted by molar-refractivity contribution is 0.0374. The molecule has 192 valence electrons. The maximum absolute atomic E-state index is 13.4. The molecular formula is C27H33FN4O4. The van der Waals surface area contributed by atoms with Gasteiger partial charge < -0.3 is 19.7 Å². The molecule has 1 amide bonds. The van der Waals surface area contributed by atoms with Crippen LogP contribution in [-0.2, 0) is 17.7 Å². The van der Waals surface area contributed by atoms with E-state index in [0.29, 0.717) is 38.2 Å². The monoisotopic (exact) mass is 496 g/mol. The summed E-state index contributed by atoms with van der Waals surface area (Å²) in [4.78, 5) is 33.1. The van der Waals surface area contributed by atoms with Crippen molar-refractivity contribution in [1.82, 2.24) is 19.8 Å². The second-order valence-electron chi connectivity index (χ2n) is 9.61. The first-order valence-corrected chi connectivity index (χ1v) is 12.4. The zero-order chi connectivity index (χ0) is 25.7.